The second kappa shape index (κ2) is 9.50. The SMILES string of the molecule is C=CC(=O)N1CCCC[C@H]1c1nc(-c2ccc(C(=O)Nc3ccccn3)cc2)c2c(C)nccn12. The average Bonchev–Trinajstić information content (AvgIpc) is 3.30. The fourth-order valence-corrected chi connectivity index (χ4v) is 4.64. The van der Waals surface area contributed by atoms with Gasteiger partial charge in [-0.1, -0.05) is 24.8 Å². The topological polar surface area (TPSA) is 92.5 Å². The summed E-state index contributed by atoms with van der Waals surface area (Å²) in [5.41, 5.74) is 3.91. The van der Waals surface area contributed by atoms with Gasteiger partial charge in [-0.2, -0.15) is 0 Å². The normalized spacial score (nSPS) is 15.7. The molecule has 1 aromatic carbocycles. The van der Waals surface area contributed by atoms with Gasteiger partial charge in [-0.05, 0) is 56.5 Å². The van der Waals surface area contributed by atoms with E-state index in [1.807, 2.05) is 40.6 Å². The predicted octanol–water partition coefficient (Wildman–Crippen LogP) is 4.59. The predicted molar refractivity (Wildman–Crippen MR) is 134 cm³/mol. The number of imidazole rings is 1. The van der Waals surface area contributed by atoms with E-state index in [4.69, 9.17) is 4.98 Å². The third-order valence-corrected chi connectivity index (χ3v) is 6.35. The second-order valence-corrected chi connectivity index (χ2v) is 8.54. The van der Waals surface area contributed by atoms with E-state index in [-0.39, 0.29) is 17.9 Å². The first-order valence-electron chi connectivity index (χ1n) is 11.7. The molecule has 1 saturated heterocycles. The number of anilines is 1. The minimum Gasteiger partial charge on any atom is -0.329 e. The van der Waals surface area contributed by atoms with Crippen LogP contribution in [0.4, 0.5) is 5.82 Å². The number of hydrogen-bond acceptors (Lipinski definition) is 5. The Labute approximate surface area is 203 Å². The Kier molecular flexibility index (Phi) is 6.10. The van der Waals surface area contributed by atoms with Crippen molar-refractivity contribution in [3.05, 3.63) is 90.8 Å². The number of amides is 2. The number of aromatic nitrogens is 4. The van der Waals surface area contributed by atoms with Gasteiger partial charge in [0.1, 0.15) is 11.6 Å². The van der Waals surface area contributed by atoms with Gasteiger partial charge in [0.2, 0.25) is 5.91 Å². The zero-order chi connectivity index (χ0) is 24.4. The minimum absolute atomic E-state index is 0.0814. The molecule has 1 atom stereocenters. The van der Waals surface area contributed by atoms with Gasteiger partial charge in [0.15, 0.2) is 0 Å². The average molecular weight is 467 g/mol. The van der Waals surface area contributed by atoms with Crippen molar-refractivity contribution in [3.63, 3.8) is 0 Å². The molecular weight excluding hydrogens is 440 g/mol. The zero-order valence-corrected chi connectivity index (χ0v) is 19.5. The van der Waals surface area contributed by atoms with Crippen LogP contribution in [0.25, 0.3) is 16.8 Å². The monoisotopic (exact) mass is 466 g/mol. The number of benzene rings is 1. The van der Waals surface area contributed by atoms with Gasteiger partial charge in [-0.25, -0.2) is 9.97 Å². The van der Waals surface area contributed by atoms with Crippen LogP contribution in [0.15, 0.2) is 73.7 Å². The molecule has 0 aliphatic carbocycles. The lowest BCUT2D eigenvalue weighted by Gasteiger charge is -2.34. The summed E-state index contributed by atoms with van der Waals surface area (Å²) in [6.07, 6.45) is 9.49. The first-order chi connectivity index (χ1) is 17.1. The molecule has 0 unspecified atom stereocenters. The zero-order valence-electron chi connectivity index (χ0n) is 19.5. The van der Waals surface area contributed by atoms with Crippen molar-refractivity contribution in [1.82, 2.24) is 24.3 Å². The molecule has 1 fully saturated rings. The summed E-state index contributed by atoms with van der Waals surface area (Å²) < 4.78 is 2.04. The summed E-state index contributed by atoms with van der Waals surface area (Å²) in [4.78, 5) is 40.7. The summed E-state index contributed by atoms with van der Waals surface area (Å²) in [5, 5.41) is 2.80. The molecule has 0 spiro atoms. The second-order valence-electron chi connectivity index (χ2n) is 8.54. The summed E-state index contributed by atoms with van der Waals surface area (Å²) in [5.74, 6) is 0.998. The van der Waals surface area contributed by atoms with Gasteiger partial charge in [0.25, 0.3) is 5.91 Å². The molecule has 0 saturated carbocycles. The summed E-state index contributed by atoms with van der Waals surface area (Å²) in [6, 6.07) is 12.5. The maximum atomic E-state index is 12.6. The number of rotatable bonds is 5. The standard InChI is InChI=1S/C27H26N6O2/c1-3-23(34)32-16-7-5-8-21(32)26-31-24(25-18(2)28-15-17-33(25)26)19-10-12-20(13-11-19)27(35)30-22-9-4-6-14-29-22/h3-4,6,9-15,17,21H,1,5,7-8,16H2,2H3,(H,29,30,35)/t21-/m0/s1. The number of nitrogens with one attached hydrogen (secondary N) is 1. The van der Waals surface area contributed by atoms with Crippen LogP contribution in [0.5, 0.6) is 0 Å². The molecule has 176 valence electrons. The Hall–Kier alpha value is -4.33. The van der Waals surface area contributed by atoms with Crippen LogP contribution in [0, 0.1) is 6.92 Å². The number of pyridine rings is 1. The van der Waals surface area contributed by atoms with Crippen LogP contribution >= 0.6 is 0 Å². The number of likely N-dealkylation sites (tertiary alicyclic amines) is 1. The van der Waals surface area contributed by atoms with Crippen molar-refractivity contribution in [2.75, 3.05) is 11.9 Å². The lowest BCUT2D eigenvalue weighted by molar-refractivity contribution is -0.129. The molecule has 0 radical (unpaired) electrons. The van der Waals surface area contributed by atoms with Gasteiger partial charge >= 0.3 is 0 Å². The Balaban J connectivity index is 1.52. The van der Waals surface area contributed by atoms with Crippen LogP contribution in [0.1, 0.15) is 47.2 Å². The molecule has 8 heteroatoms. The maximum absolute atomic E-state index is 12.6. The first kappa shape index (κ1) is 22.5. The summed E-state index contributed by atoms with van der Waals surface area (Å²) in [7, 11) is 0. The first-order valence-corrected chi connectivity index (χ1v) is 11.7. The van der Waals surface area contributed by atoms with Crippen molar-refractivity contribution < 1.29 is 9.59 Å². The lowest BCUT2D eigenvalue weighted by Crippen LogP contribution is -2.38. The van der Waals surface area contributed by atoms with Crippen molar-refractivity contribution in [3.8, 4) is 11.3 Å². The molecular formula is C27H26N6O2. The van der Waals surface area contributed by atoms with Crippen molar-refractivity contribution in [1.29, 1.82) is 0 Å². The summed E-state index contributed by atoms with van der Waals surface area (Å²) in [6.45, 7) is 6.31. The maximum Gasteiger partial charge on any atom is 0.256 e. The van der Waals surface area contributed by atoms with Gasteiger partial charge in [0, 0.05) is 36.3 Å². The van der Waals surface area contributed by atoms with Crippen molar-refractivity contribution in [2.45, 2.75) is 32.2 Å². The van der Waals surface area contributed by atoms with Crippen LogP contribution in [0.3, 0.4) is 0 Å². The van der Waals surface area contributed by atoms with E-state index in [0.29, 0.717) is 17.9 Å². The molecule has 4 aromatic rings. The van der Waals surface area contributed by atoms with E-state index in [1.54, 1.807) is 36.7 Å². The van der Waals surface area contributed by atoms with E-state index in [1.165, 1.54) is 6.08 Å². The smallest absolute Gasteiger partial charge is 0.256 e. The lowest BCUT2D eigenvalue weighted by atomic mass is 10.0. The molecule has 8 nitrogen and oxygen atoms in total. The third kappa shape index (κ3) is 4.30. The molecule has 3 aromatic heterocycles. The van der Waals surface area contributed by atoms with Gasteiger partial charge in [0.05, 0.1) is 22.9 Å². The quantitative estimate of drug-likeness (QED) is 0.434. The fourth-order valence-electron chi connectivity index (χ4n) is 4.64. The number of carbonyl (C=O) groups is 2. The van der Waals surface area contributed by atoms with Crippen LogP contribution in [0.2, 0.25) is 0 Å². The molecule has 0 bridgehead atoms. The molecule has 35 heavy (non-hydrogen) atoms. The van der Waals surface area contributed by atoms with E-state index in [0.717, 1.165) is 47.6 Å². The van der Waals surface area contributed by atoms with Gasteiger partial charge < -0.3 is 10.2 Å². The number of carbonyl (C=O) groups excluding carboxylic acids is 2. The van der Waals surface area contributed by atoms with E-state index >= 15 is 0 Å². The van der Waals surface area contributed by atoms with Crippen molar-refractivity contribution in [2.24, 2.45) is 0 Å². The van der Waals surface area contributed by atoms with Crippen molar-refractivity contribution >= 4 is 23.1 Å². The number of hydrogen-bond donors (Lipinski definition) is 1. The van der Waals surface area contributed by atoms with Crippen LogP contribution in [-0.2, 0) is 4.79 Å². The van der Waals surface area contributed by atoms with E-state index in [2.05, 4.69) is 21.9 Å². The fraction of sp³-hybridized carbons (Fsp3) is 0.222. The number of aryl methyl sites for hydroxylation is 1. The third-order valence-electron chi connectivity index (χ3n) is 6.35. The highest BCUT2D eigenvalue weighted by atomic mass is 16.2. The number of piperidine rings is 1. The van der Waals surface area contributed by atoms with Gasteiger partial charge in [-0.15, -0.1) is 0 Å². The molecule has 5 rings (SSSR count). The number of nitrogens with zero attached hydrogens (tertiary/aromatic N) is 5. The number of fused-ring (bicyclic) bond motifs is 1. The highest BCUT2D eigenvalue weighted by Gasteiger charge is 2.31. The van der Waals surface area contributed by atoms with Crippen LogP contribution in [-0.4, -0.2) is 42.6 Å². The Bertz CT molecular complexity index is 1390. The molecule has 1 N–H and O–H groups in total. The van der Waals surface area contributed by atoms with Crippen LogP contribution < -0.4 is 5.32 Å². The largest absolute Gasteiger partial charge is 0.329 e. The van der Waals surface area contributed by atoms with E-state index < -0.39 is 0 Å². The molecule has 2 amide bonds. The van der Waals surface area contributed by atoms with E-state index in [9.17, 15) is 9.59 Å². The highest BCUT2D eigenvalue weighted by molar-refractivity contribution is 6.04. The highest BCUT2D eigenvalue weighted by Crippen LogP contribution is 2.35. The van der Waals surface area contributed by atoms with Gasteiger partial charge in [-0.3, -0.25) is 19.0 Å². The molecule has 1 aliphatic heterocycles. The summed E-state index contributed by atoms with van der Waals surface area (Å²) >= 11 is 0. The Morgan fingerprint density at radius 2 is 1.91 bits per heavy atom. The molecule has 1 aliphatic rings. The Morgan fingerprint density at radius 1 is 1.09 bits per heavy atom. The Morgan fingerprint density at radius 3 is 2.66 bits per heavy atom. The molecule has 4 heterocycles. The minimum atomic E-state index is -0.232.